The van der Waals surface area contributed by atoms with Gasteiger partial charge >= 0.3 is 0 Å². The van der Waals surface area contributed by atoms with Crippen LogP contribution in [0.2, 0.25) is 0 Å². The molecule has 0 aromatic carbocycles. The molecular formula is C9H15N3S. The van der Waals surface area contributed by atoms with Gasteiger partial charge in [-0.05, 0) is 19.9 Å². The average molecular weight is 197 g/mol. The maximum absolute atomic E-state index is 5.84. The van der Waals surface area contributed by atoms with Crippen LogP contribution in [-0.4, -0.2) is 21.3 Å². The SMILES string of the molecule is CC(C)(N)CSCc1ncccn1. The van der Waals surface area contributed by atoms with E-state index in [1.54, 1.807) is 24.2 Å². The first-order valence-electron chi connectivity index (χ1n) is 4.20. The number of hydrogen-bond donors (Lipinski definition) is 1. The molecule has 0 unspecified atom stereocenters. The molecule has 0 atom stereocenters. The highest BCUT2D eigenvalue weighted by Gasteiger charge is 2.10. The number of aromatic nitrogens is 2. The van der Waals surface area contributed by atoms with Crippen molar-refractivity contribution in [2.24, 2.45) is 5.73 Å². The minimum absolute atomic E-state index is 0.112. The van der Waals surface area contributed by atoms with Crippen molar-refractivity contribution in [1.29, 1.82) is 0 Å². The Morgan fingerprint density at radius 3 is 2.54 bits per heavy atom. The molecule has 0 amide bonds. The molecule has 0 aliphatic rings. The second-order valence-electron chi connectivity index (χ2n) is 3.65. The zero-order valence-corrected chi connectivity index (χ0v) is 8.84. The molecule has 1 aromatic heterocycles. The Labute approximate surface area is 83.2 Å². The number of rotatable bonds is 4. The molecule has 0 fully saturated rings. The molecular weight excluding hydrogens is 182 g/mol. The van der Waals surface area contributed by atoms with Gasteiger partial charge < -0.3 is 5.73 Å². The van der Waals surface area contributed by atoms with Gasteiger partial charge in [0.1, 0.15) is 5.82 Å². The number of hydrogen-bond acceptors (Lipinski definition) is 4. The van der Waals surface area contributed by atoms with E-state index in [9.17, 15) is 0 Å². The fourth-order valence-corrected chi connectivity index (χ4v) is 1.77. The summed E-state index contributed by atoms with van der Waals surface area (Å²) in [4.78, 5) is 8.25. The predicted octanol–water partition coefficient (Wildman–Crippen LogP) is 1.45. The molecule has 1 rings (SSSR count). The maximum Gasteiger partial charge on any atom is 0.138 e. The van der Waals surface area contributed by atoms with E-state index < -0.39 is 0 Å². The van der Waals surface area contributed by atoms with Gasteiger partial charge in [-0.25, -0.2) is 9.97 Å². The minimum Gasteiger partial charge on any atom is -0.325 e. The molecule has 0 saturated heterocycles. The Morgan fingerprint density at radius 1 is 1.38 bits per heavy atom. The van der Waals surface area contributed by atoms with Gasteiger partial charge in [-0.3, -0.25) is 0 Å². The van der Waals surface area contributed by atoms with E-state index in [-0.39, 0.29) is 5.54 Å². The van der Waals surface area contributed by atoms with E-state index in [0.29, 0.717) is 0 Å². The first-order chi connectivity index (χ1) is 6.08. The van der Waals surface area contributed by atoms with Gasteiger partial charge in [0.2, 0.25) is 0 Å². The van der Waals surface area contributed by atoms with Crippen LogP contribution in [0.5, 0.6) is 0 Å². The quantitative estimate of drug-likeness (QED) is 0.793. The van der Waals surface area contributed by atoms with Gasteiger partial charge in [0.25, 0.3) is 0 Å². The largest absolute Gasteiger partial charge is 0.325 e. The van der Waals surface area contributed by atoms with Gasteiger partial charge in [0.15, 0.2) is 0 Å². The molecule has 0 spiro atoms. The van der Waals surface area contributed by atoms with Crippen LogP contribution in [0.1, 0.15) is 19.7 Å². The van der Waals surface area contributed by atoms with E-state index >= 15 is 0 Å². The lowest BCUT2D eigenvalue weighted by molar-refractivity contribution is 0.591. The molecule has 72 valence electrons. The second-order valence-corrected chi connectivity index (χ2v) is 4.63. The monoisotopic (exact) mass is 197 g/mol. The Bertz CT molecular complexity index is 243. The molecule has 4 heteroatoms. The van der Waals surface area contributed by atoms with Crippen molar-refractivity contribution in [2.45, 2.75) is 25.1 Å². The third-order valence-corrected chi connectivity index (χ3v) is 2.73. The van der Waals surface area contributed by atoms with Crippen LogP contribution in [0.3, 0.4) is 0 Å². The highest BCUT2D eigenvalue weighted by Crippen LogP contribution is 2.13. The van der Waals surface area contributed by atoms with Crippen LogP contribution in [0, 0.1) is 0 Å². The summed E-state index contributed by atoms with van der Waals surface area (Å²) in [5.74, 6) is 2.63. The third-order valence-electron chi connectivity index (χ3n) is 1.32. The van der Waals surface area contributed by atoms with Gasteiger partial charge in [-0.15, -0.1) is 0 Å². The van der Waals surface area contributed by atoms with E-state index in [4.69, 9.17) is 5.73 Å². The summed E-state index contributed by atoms with van der Waals surface area (Å²) in [7, 11) is 0. The maximum atomic E-state index is 5.84. The molecule has 13 heavy (non-hydrogen) atoms. The van der Waals surface area contributed by atoms with E-state index in [1.807, 2.05) is 19.9 Å². The lowest BCUT2D eigenvalue weighted by Crippen LogP contribution is -2.34. The Hall–Kier alpha value is -0.610. The van der Waals surface area contributed by atoms with E-state index in [2.05, 4.69) is 9.97 Å². The molecule has 0 aliphatic heterocycles. The van der Waals surface area contributed by atoms with Gasteiger partial charge in [0, 0.05) is 23.7 Å². The number of nitrogens with two attached hydrogens (primary N) is 1. The van der Waals surface area contributed by atoms with Crippen molar-refractivity contribution in [2.75, 3.05) is 5.75 Å². The second kappa shape index (κ2) is 4.58. The summed E-state index contributed by atoms with van der Waals surface area (Å²) in [5, 5.41) is 0. The summed E-state index contributed by atoms with van der Waals surface area (Å²) >= 11 is 1.76. The van der Waals surface area contributed by atoms with Crippen LogP contribution in [0.4, 0.5) is 0 Å². The molecule has 0 bridgehead atoms. The van der Waals surface area contributed by atoms with Crippen molar-refractivity contribution in [3.63, 3.8) is 0 Å². The lowest BCUT2D eigenvalue weighted by Gasteiger charge is -2.16. The van der Waals surface area contributed by atoms with Crippen LogP contribution >= 0.6 is 11.8 Å². The van der Waals surface area contributed by atoms with Crippen molar-refractivity contribution >= 4 is 11.8 Å². The molecule has 0 radical (unpaired) electrons. The van der Waals surface area contributed by atoms with Crippen molar-refractivity contribution < 1.29 is 0 Å². The Morgan fingerprint density at radius 2 is 2.00 bits per heavy atom. The normalized spacial score (nSPS) is 11.6. The van der Waals surface area contributed by atoms with Crippen molar-refractivity contribution in [1.82, 2.24) is 9.97 Å². The molecule has 3 nitrogen and oxygen atoms in total. The zero-order chi connectivity index (χ0) is 9.73. The molecule has 0 aliphatic carbocycles. The van der Waals surface area contributed by atoms with Crippen LogP contribution < -0.4 is 5.73 Å². The van der Waals surface area contributed by atoms with Crippen LogP contribution in [-0.2, 0) is 5.75 Å². The van der Waals surface area contributed by atoms with Gasteiger partial charge in [-0.1, -0.05) is 0 Å². The molecule has 0 saturated carbocycles. The summed E-state index contributed by atoms with van der Waals surface area (Å²) in [6.07, 6.45) is 3.52. The lowest BCUT2D eigenvalue weighted by atomic mass is 10.1. The molecule has 1 aromatic rings. The fourth-order valence-electron chi connectivity index (χ4n) is 0.810. The number of nitrogens with zero attached hydrogens (tertiary/aromatic N) is 2. The summed E-state index contributed by atoms with van der Waals surface area (Å²) in [6.45, 7) is 4.04. The third kappa shape index (κ3) is 4.85. The van der Waals surface area contributed by atoms with E-state index in [0.717, 1.165) is 17.3 Å². The van der Waals surface area contributed by atoms with Gasteiger partial charge in [-0.2, -0.15) is 11.8 Å². The average Bonchev–Trinajstić information content (AvgIpc) is 2.04. The van der Waals surface area contributed by atoms with Crippen LogP contribution in [0.15, 0.2) is 18.5 Å². The highest BCUT2D eigenvalue weighted by molar-refractivity contribution is 7.98. The topological polar surface area (TPSA) is 51.8 Å². The minimum atomic E-state index is -0.112. The predicted molar refractivity (Wildman–Crippen MR) is 56.5 cm³/mol. The summed E-state index contributed by atoms with van der Waals surface area (Å²) in [5.41, 5.74) is 5.73. The van der Waals surface area contributed by atoms with Crippen LogP contribution in [0.25, 0.3) is 0 Å². The number of thioether (sulfide) groups is 1. The first-order valence-corrected chi connectivity index (χ1v) is 5.36. The summed E-state index contributed by atoms with van der Waals surface area (Å²) in [6, 6.07) is 1.82. The van der Waals surface area contributed by atoms with Crippen molar-refractivity contribution in [3.8, 4) is 0 Å². The van der Waals surface area contributed by atoms with Gasteiger partial charge in [0.05, 0.1) is 5.75 Å². The van der Waals surface area contributed by atoms with Crippen molar-refractivity contribution in [3.05, 3.63) is 24.3 Å². The smallest absolute Gasteiger partial charge is 0.138 e. The summed E-state index contributed by atoms with van der Waals surface area (Å²) < 4.78 is 0. The standard InChI is InChI=1S/C9H15N3S/c1-9(2,10)7-13-6-8-11-4-3-5-12-8/h3-5H,6-7,10H2,1-2H3. The fraction of sp³-hybridized carbons (Fsp3) is 0.556. The Kier molecular flexibility index (Phi) is 3.69. The molecule has 1 heterocycles. The zero-order valence-electron chi connectivity index (χ0n) is 8.03. The van der Waals surface area contributed by atoms with E-state index in [1.165, 1.54) is 0 Å². The Balaban J connectivity index is 2.29. The highest BCUT2D eigenvalue weighted by atomic mass is 32.2. The first kappa shape index (κ1) is 10.5. The molecule has 2 N–H and O–H groups in total.